The van der Waals surface area contributed by atoms with Gasteiger partial charge in [-0.3, -0.25) is 4.79 Å². The number of carbonyl (C=O) groups excluding carboxylic acids is 1. The van der Waals surface area contributed by atoms with Gasteiger partial charge in [0.25, 0.3) is 0 Å². The van der Waals surface area contributed by atoms with Gasteiger partial charge in [0.1, 0.15) is 11.6 Å². The Morgan fingerprint density at radius 1 is 1.14 bits per heavy atom. The van der Waals surface area contributed by atoms with Gasteiger partial charge in [0.05, 0.1) is 19.3 Å². The number of benzene rings is 2. The van der Waals surface area contributed by atoms with E-state index in [2.05, 4.69) is 10.6 Å². The molecule has 2 rings (SSSR count). The summed E-state index contributed by atoms with van der Waals surface area (Å²) in [6, 6.07) is 13.9. The highest BCUT2D eigenvalue weighted by molar-refractivity contribution is 5.81. The van der Waals surface area contributed by atoms with Crippen LogP contribution in [0.2, 0.25) is 0 Å². The lowest BCUT2D eigenvalue weighted by Crippen LogP contribution is -2.31. The standard InChI is InChI=1S/C17H19FN2O2/c1-22-16-9-5-4-8-15(16)20-12-17(21)19-11-10-13-6-2-3-7-14(13)18/h2-9,20H,10-12H2,1H3,(H,19,21). The van der Waals surface area contributed by atoms with E-state index in [1.807, 2.05) is 24.3 Å². The molecule has 0 bridgehead atoms. The molecule has 0 atom stereocenters. The molecule has 0 aliphatic rings. The Morgan fingerprint density at radius 2 is 1.86 bits per heavy atom. The summed E-state index contributed by atoms with van der Waals surface area (Å²) in [6.45, 7) is 0.533. The highest BCUT2D eigenvalue weighted by Crippen LogP contribution is 2.22. The lowest BCUT2D eigenvalue weighted by atomic mass is 10.1. The van der Waals surface area contributed by atoms with E-state index in [1.54, 1.807) is 25.3 Å². The van der Waals surface area contributed by atoms with Crippen LogP contribution in [0.15, 0.2) is 48.5 Å². The molecule has 5 heteroatoms. The number of halogens is 1. The van der Waals surface area contributed by atoms with Crippen molar-refractivity contribution in [3.05, 3.63) is 59.9 Å². The maximum atomic E-state index is 13.4. The van der Waals surface area contributed by atoms with Gasteiger partial charge in [-0.1, -0.05) is 30.3 Å². The summed E-state index contributed by atoms with van der Waals surface area (Å²) in [4.78, 5) is 11.8. The Kier molecular flexibility index (Phi) is 5.77. The van der Waals surface area contributed by atoms with E-state index in [0.29, 0.717) is 24.3 Å². The predicted molar refractivity (Wildman–Crippen MR) is 84.6 cm³/mol. The van der Waals surface area contributed by atoms with Crippen molar-refractivity contribution < 1.29 is 13.9 Å². The first-order valence-corrected chi connectivity index (χ1v) is 7.07. The van der Waals surface area contributed by atoms with E-state index in [0.717, 1.165) is 5.69 Å². The molecule has 0 unspecified atom stereocenters. The Bertz CT molecular complexity index is 632. The zero-order chi connectivity index (χ0) is 15.8. The fourth-order valence-electron chi connectivity index (χ4n) is 2.07. The third-order valence-electron chi connectivity index (χ3n) is 3.22. The van der Waals surface area contributed by atoms with Crippen LogP contribution in [-0.4, -0.2) is 26.1 Å². The quantitative estimate of drug-likeness (QED) is 0.826. The number of carbonyl (C=O) groups is 1. The molecule has 22 heavy (non-hydrogen) atoms. The maximum Gasteiger partial charge on any atom is 0.239 e. The van der Waals surface area contributed by atoms with Crippen LogP contribution in [0.4, 0.5) is 10.1 Å². The fraction of sp³-hybridized carbons (Fsp3) is 0.235. The Labute approximate surface area is 129 Å². The summed E-state index contributed by atoms with van der Waals surface area (Å²) in [5.74, 6) is 0.285. The van der Waals surface area contributed by atoms with Gasteiger partial charge in [-0.2, -0.15) is 0 Å². The molecule has 0 heterocycles. The van der Waals surface area contributed by atoms with Crippen molar-refractivity contribution in [3.63, 3.8) is 0 Å². The van der Waals surface area contributed by atoms with Gasteiger partial charge in [-0.25, -0.2) is 4.39 Å². The smallest absolute Gasteiger partial charge is 0.239 e. The minimum Gasteiger partial charge on any atom is -0.495 e. The summed E-state index contributed by atoms with van der Waals surface area (Å²) < 4.78 is 18.6. The molecule has 2 N–H and O–H groups in total. The van der Waals surface area contributed by atoms with Gasteiger partial charge < -0.3 is 15.4 Å². The molecule has 4 nitrogen and oxygen atoms in total. The largest absolute Gasteiger partial charge is 0.495 e. The average Bonchev–Trinajstić information content (AvgIpc) is 2.55. The minimum atomic E-state index is -0.246. The van der Waals surface area contributed by atoms with Crippen LogP contribution in [0, 0.1) is 5.82 Å². The van der Waals surface area contributed by atoms with Gasteiger partial charge in [0.15, 0.2) is 0 Å². The number of para-hydroxylation sites is 2. The second-order valence-electron chi connectivity index (χ2n) is 4.75. The summed E-state index contributed by atoms with van der Waals surface area (Å²) >= 11 is 0. The molecule has 0 radical (unpaired) electrons. The van der Waals surface area contributed by atoms with Crippen molar-refractivity contribution >= 4 is 11.6 Å². The van der Waals surface area contributed by atoms with E-state index >= 15 is 0 Å². The molecule has 0 spiro atoms. The molecule has 116 valence electrons. The van der Waals surface area contributed by atoms with Gasteiger partial charge in [0.2, 0.25) is 5.91 Å². The second-order valence-corrected chi connectivity index (χ2v) is 4.75. The zero-order valence-electron chi connectivity index (χ0n) is 12.4. The van der Waals surface area contributed by atoms with E-state index in [9.17, 15) is 9.18 Å². The van der Waals surface area contributed by atoms with Gasteiger partial charge in [-0.05, 0) is 30.2 Å². The number of methoxy groups -OCH3 is 1. The van der Waals surface area contributed by atoms with Crippen molar-refractivity contribution in [1.82, 2.24) is 5.32 Å². The van der Waals surface area contributed by atoms with Crippen molar-refractivity contribution in [3.8, 4) is 5.75 Å². The fourth-order valence-corrected chi connectivity index (χ4v) is 2.07. The van der Waals surface area contributed by atoms with E-state index < -0.39 is 0 Å². The summed E-state index contributed by atoms with van der Waals surface area (Å²) in [6.07, 6.45) is 0.465. The van der Waals surface area contributed by atoms with Crippen LogP contribution in [0.3, 0.4) is 0 Å². The number of anilines is 1. The molecule has 2 aromatic rings. The number of amides is 1. The molecular weight excluding hydrogens is 283 g/mol. The van der Waals surface area contributed by atoms with Gasteiger partial charge >= 0.3 is 0 Å². The normalized spacial score (nSPS) is 10.1. The zero-order valence-corrected chi connectivity index (χ0v) is 12.4. The van der Waals surface area contributed by atoms with Crippen molar-refractivity contribution in [2.24, 2.45) is 0 Å². The van der Waals surface area contributed by atoms with Crippen LogP contribution < -0.4 is 15.4 Å². The molecule has 0 fully saturated rings. The SMILES string of the molecule is COc1ccccc1NCC(=O)NCCc1ccccc1F. The number of ether oxygens (including phenoxy) is 1. The first-order valence-electron chi connectivity index (χ1n) is 7.07. The molecule has 0 saturated carbocycles. The van der Waals surface area contributed by atoms with Crippen LogP contribution in [0.1, 0.15) is 5.56 Å². The van der Waals surface area contributed by atoms with Crippen LogP contribution in [0.25, 0.3) is 0 Å². The molecule has 0 aromatic heterocycles. The first-order chi connectivity index (χ1) is 10.7. The highest BCUT2D eigenvalue weighted by Gasteiger charge is 2.05. The third kappa shape index (κ3) is 4.48. The molecule has 0 aliphatic carbocycles. The molecule has 1 amide bonds. The van der Waals surface area contributed by atoms with Crippen LogP contribution >= 0.6 is 0 Å². The van der Waals surface area contributed by atoms with Crippen molar-refractivity contribution in [1.29, 1.82) is 0 Å². The van der Waals surface area contributed by atoms with Gasteiger partial charge in [-0.15, -0.1) is 0 Å². The van der Waals surface area contributed by atoms with Crippen molar-refractivity contribution in [2.75, 3.05) is 25.5 Å². The third-order valence-corrected chi connectivity index (χ3v) is 3.22. The average molecular weight is 302 g/mol. The summed E-state index contributed by atoms with van der Waals surface area (Å²) in [7, 11) is 1.58. The van der Waals surface area contributed by atoms with Gasteiger partial charge in [0, 0.05) is 6.54 Å². The summed E-state index contributed by atoms with van der Waals surface area (Å²) in [5, 5.41) is 5.77. The number of hydrogen-bond donors (Lipinski definition) is 2. The second kappa shape index (κ2) is 8.02. The molecule has 2 aromatic carbocycles. The number of rotatable bonds is 7. The lowest BCUT2D eigenvalue weighted by molar-refractivity contribution is -0.119. The topological polar surface area (TPSA) is 50.4 Å². The summed E-state index contributed by atoms with van der Waals surface area (Å²) in [5.41, 5.74) is 1.36. The lowest BCUT2D eigenvalue weighted by Gasteiger charge is -2.11. The maximum absolute atomic E-state index is 13.4. The monoisotopic (exact) mass is 302 g/mol. The van der Waals surface area contributed by atoms with E-state index in [-0.39, 0.29) is 18.3 Å². The minimum absolute atomic E-state index is 0.137. The van der Waals surface area contributed by atoms with E-state index in [4.69, 9.17) is 4.74 Å². The van der Waals surface area contributed by atoms with Crippen molar-refractivity contribution in [2.45, 2.75) is 6.42 Å². The Balaban J connectivity index is 1.75. The molecule has 0 saturated heterocycles. The van der Waals surface area contributed by atoms with Crippen LogP contribution in [-0.2, 0) is 11.2 Å². The Morgan fingerprint density at radius 3 is 2.64 bits per heavy atom. The highest BCUT2D eigenvalue weighted by atomic mass is 19.1. The van der Waals surface area contributed by atoms with E-state index in [1.165, 1.54) is 6.07 Å². The number of nitrogens with one attached hydrogen (secondary N) is 2. The predicted octanol–water partition coefficient (Wildman–Crippen LogP) is 2.61. The molecule has 0 aliphatic heterocycles. The number of hydrogen-bond acceptors (Lipinski definition) is 3. The Hall–Kier alpha value is -2.56. The first kappa shape index (κ1) is 15.8. The molecular formula is C17H19FN2O2. The van der Waals surface area contributed by atoms with Crippen LogP contribution in [0.5, 0.6) is 5.75 Å².